The molecule has 4 unspecified atom stereocenters. The Hall–Kier alpha value is -2.98. The van der Waals surface area contributed by atoms with E-state index in [4.69, 9.17) is 37.0 Å². The zero-order chi connectivity index (χ0) is 66.5. The Morgan fingerprint density at radius 3 is 0.933 bits per heavy atom. The van der Waals surface area contributed by atoms with Crippen LogP contribution in [0.2, 0.25) is 0 Å². The number of aliphatic hydroxyl groups is 1. The van der Waals surface area contributed by atoms with Gasteiger partial charge in [-0.25, -0.2) is 9.13 Å². The van der Waals surface area contributed by atoms with Crippen molar-refractivity contribution in [2.75, 3.05) is 39.6 Å². The molecule has 0 aromatic heterocycles. The van der Waals surface area contributed by atoms with Crippen LogP contribution in [0.3, 0.4) is 0 Å². The van der Waals surface area contributed by atoms with Crippen molar-refractivity contribution in [2.45, 2.75) is 330 Å². The number of carbonyl (C=O) groups is 4. The van der Waals surface area contributed by atoms with E-state index in [0.29, 0.717) is 31.6 Å². The zero-order valence-corrected chi connectivity index (χ0v) is 59.2. The Kier molecular flexibility index (Phi) is 60.1. The molecule has 0 radical (unpaired) electrons. The third kappa shape index (κ3) is 61.2. The van der Waals surface area contributed by atoms with Crippen LogP contribution in [-0.4, -0.2) is 96.7 Å². The Labute approximate surface area is 547 Å². The molecule has 0 spiro atoms. The molecule has 0 aliphatic rings. The maximum atomic E-state index is 13.0. The van der Waals surface area contributed by atoms with Crippen molar-refractivity contribution in [1.29, 1.82) is 0 Å². The van der Waals surface area contributed by atoms with Gasteiger partial charge in [-0.05, 0) is 88.9 Å². The molecule has 0 aromatic rings. The van der Waals surface area contributed by atoms with E-state index in [-0.39, 0.29) is 25.7 Å². The molecule has 7 atom stereocenters. The van der Waals surface area contributed by atoms with Gasteiger partial charge in [0.15, 0.2) is 12.2 Å². The normalized spacial score (nSPS) is 15.1. The van der Waals surface area contributed by atoms with E-state index in [0.717, 1.165) is 134 Å². The summed E-state index contributed by atoms with van der Waals surface area (Å²) >= 11 is 0. The van der Waals surface area contributed by atoms with Gasteiger partial charge in [-0.3, -0.25) is 37.3 Å². The van der Waals surface area contributed by atoms with Crippen LogP contribution in [0.5, 0.6) is 0 Å². The fourth-order valence-corrected chi connectivity index (χ4v) is 11.2. The van der Waals surface area contributed by atoms with Gasteiger partial charge in [0, 0.05) is 25.7 Å². The third-order valence-electron chi connectivity index (χ3n) is 15.9. The summed E-state index contributed by atoms with van der Waals surface area (Å²) in [5, 5.41) is 10.6. The number of phosphoric acid groups is 2. The summed E-state index contributed by atoms with van der Waals surface area (Å²) in [5.41, 5.74) is 0. The number of hydrogen-bond donors (Lipinski definition) is 3. The molecule has 0 aliphatic carbocycles. The van der Waals surface area contributed by atoms with E-state index in [1.54, 1.807) is 0 Å². The van der Waals surface area contributed by atoms with E-state index in [1.807, 2.05) is 0 Å². The molecule has 90 heavy (non-hydrogen) atoms. The maximum absolute atomic E-state index is 13.0. The van der Waals surface area contributed by atoms with Crippen molar-refractivity contribution in [3.63, 3.8) is 0 Å². The summed E-state index contributed by atoms with van der Waals surface area (Å²) in [6, 6.07) is 0. The van der Waals surface area contributed by atoms with Crippen LogP contribution in [-0.2, 0) is 65.4 Å². The Bertz CT molecular complexity index is 1940. The number of ether oxygens (including phenoxy) is 4. The predicted molar refractivity (Wildman–Crippen MR) is 363 cm³/mol. The second-order valence-corrected chi connectivity index (χ2v) is 27.6. The molecule has 0 aliphatic heterocycles. The Morgan fingerprint density at radius 2 is 0.622 bits per heavy atom. The maximum Gasteiger partial charge on any atom is 0.472 e. The second-order valence-electron chi connectivity index (χ2n) is 24.7. The monoisotopic (exact) mass is 1320 g/mol. The van der Waals surface area contributed by atoms with Gasteiger partial charge in [0.2, 0.25) is 0 Å². The van der Waals surface area contributed by atoms with Crippen LogP contribution in [0.25, 0.3) is 0 Å². The summed E-state index contributed by atoms with van der Waals surface area (Å²) in [4.78, 5) is 72.5. The van der Waals surface area contributed by atoms with Gasteiger partial charge in [0.1, 0.15) is 19.3 Å². The van der Waals surface area contributed by atoms with E-state index in [1.165, 1.54) is 89.9 Å². The van der Waals surface area contributed by atoms with E-state index >= 15 is 0 Å². The van der Waals surface area contributed by atoms with Crippen molar-refractivity contribution in [2.24, 2.45) is 11.8 Å². The summed E-state index contributed by atoms with van der Waals surface area (Å²) in [5.74, 6) is -0.749. The van der Waals surface area contributed by atoms with Crippen molar-refractivity contribution in [3.8, 4) is 0 Å². The minimum absolute atomic E-state index is 0.0814. The molecule has 0 saturated heterocycles. The first-order valence-corrected chi connectivity index (χ1v) is 38.7. The lowest BCUT2D eigenvalue weighted by Crippen LogP contribution is -2.30. The molecular formula is C71H130O17P2. The highest BCUT2D eigenvalue weighted by Crippen LogP contribution is 2.45. The topological polar surface area (TPSA) is 237 Å². The molecule has 0 aromatic carbocycles. The quantitative estimate of drug-likeness (QED) is 0.0169. The number of phosphoric ester groups is 2. The van der Waals surface area contributed by atoms with E-state index in [2.05, 4.69) is 90.2 Å². The van der Waals surface area contributed by atoms with Gasteiger partial charge >= 0.3 is 39.5 Å². The molecule has 0 rings (SSSR count). The first-order valence-electron chi connectivity index (χ1n) is 35.7. The van der Waals surface area contributed by atoms with Crippen LogP contribution >= 0.6 is 15.6 Å². The Balaban J connectivity index is 5.30. The van der Waals surface area contributed by atoms with Crippen molar-refractivity contribution >= 4 is 39.5 Å². The number of hydrogen-bond acceptors (Lipinski definition) is 15. The SMILES string of the molecule is CCCCCC/C=C\C=C/CCCCCCCC(=O)OC[C@H](COP(=O)(O)OC[C@@H](O)COP(=O)(O)OC[C@@H](COC(=O)CCCCCCCCC(C)CC)OC(=O)CCCCCCC/C=C\C=C/CCCCCC)OC(=O)CCCCCCCCC(C)CC. The second kappa shape index (κ2) is 62.2. The molecule has 0 saturated carbocycles. The molecule has 0 bridgehead atoms. The molecular weight excluding hydrogens is 1190 g/mol. The molecule has 0 heterocycles. The largest absolute Gasteiger partial charge is 0.472 e. The summed E-state index contributed by atoms with van der Waals surface area (Å²) in [7, 11) is -9.93. The van der Waals surface area contributed by atoms with Crippen molar-refractivity contribution in [1.82, 2.24) is 0 Å². The predicted octanol–water partition coefficient (Wildman–Crippen LogP) is 19.5. The molecule has 526 valence electrons. The summed E-state index contributed by atoms with van der Waals surface area (Å²) < 4.78 is 68.2. The summed E-state index contributed by atoms with van der Waals surface area (Å²) in [6.07, 6.45) is 53.1. The lowest BCUT2D eigenvalue weighted by molar-refractivity contribution is -0.161. The molecule has 0 fully saturated rings. The van der Waals surface area contributed by atoms with Crippen molar-refractivity contribution in [3.05, 3.63) is 48.6 Å². The molecule has 19 heteroatoms. The zero-order valence-electron chi connectivity index (χ0n) is 57.4. The standard InChI is InChI=1S/C71H130O17P2/c1-7-11-13-15-17-19-21-23-25-27-29-31-33-41-47-53-68(73)81-59-67(88-71(76)56-50-44-38-36-40-46-52-64(6)10-4)62-86-90(79,80)84-58-65(72)57-83-89(77,78)85-61-66(60-82-69(74)54-48-42-37-35-39-45-51-63(5)9-3)87-70(75)55-49-43-34-32-30-28-26-24-22-20-18-16-14-12-8-2/h19-26,63-67,72H,7-18,27-62H2,1-6H3,(H,77,78)(H,79,80)/b21-19-,22-20-,25-23-,26-24-/t63?,64?,65-,66+,67+/m0/s1. The van der Waals surface area contributed by atoms with Gasteiger partial charge in [0.05, 0.1) is 26.4 Å². The van der Waals surface area contributed by atoms with Crippen LogP contribution in [0.1, 0.15) is 311 Å². The van der Waals surface area contributed by atoms with E-state index < -0.39 is 97.5 Å². The number of aliphatic hydroxyl groups excluding tert-OH is 1. The highest BCUT2D eigenvalue weighted by molar-refractivity contribution is 7.47. The van der Waals surface area contributed by atoms with Gasteiger partial charge in [-0.15, -0.1) is 0 Å². The van der Waals surface area contributed by atoms with Gasteiger partial charge in [0.25, 0.3) is 0 Å². The number of esters is 4. The van der Waals surface area contributed by atoms with Crippen LogP contribution in [0.15, 0.2) is 48.6 Å². The van der Waals surface area contributed by atoms with Gasteiger partial charge < -0.3 is 33.8 Å². The number of allylic oxidation sites excluding steroid dienone is 8. The van der Waals surface area contributed by atoms with Crippen LogP contribution in [0.4, 0.5) is 0 Å². The fraction of sp³-hybridized carbons (Fsp3) is 0.831. The minimum atomic E-state index is -4.96. The molecule has 17 nitrogen and oxygen atoms in total. The Morgan fingerprint density at radius 1 is 0.356 bits per heavy atom. The molecule has 0 amide bonds. The lowest BCUT2D eigenvalue weighted by atomic mass is 10.00. The first kappa shape index (κ1) is 87.0. The highest BCUT2D eigenvalue weighted by atomic mass is 31.2. The van der Waals surface area contributed by atoms with Crippen LogP contribution < -0.4 is 0 Å². The number of unbranched alkanes of at least 4 members (excludes halogenated alkanes) is 28. The number of rotatable bonds is 66. The average Bonchev–Trinajstić information content (AvgIpc) is 3.73. The first-order chi connectivity index (χ1) is 43.4. The average molecular weight is 1320 g/mol. The molecule has 3 N–H and O–H groups in total. The van der Waals surface area contributed by atoms with Gasteiger partial charge in [-0.1, -0.05) is 257 Å². The van der Waals surface area contributed by atoms with E-state index in [9.17, 15) is 43.2 Å². The minimum Gasteiger partial charge on any atom is -0.462 e. The van der Waals surface area contributed by atoms with Crippen molar-refractivity contribution < 1.29 is 80.2 Å². The van der Waals surface area contributed by atoms with Gasteiger partial charge in [-0.2, -0.15) is 0 Å². The lowest BCUT2D eigenvalue weighted by Gasteiger charge is -2.21. The fourth-order valence-electron chi connectivity index (χ4n) is 9.62. The summed E-state index contributed by atoms with van der Waals surface area (Å²) in [6.45, 7) is 9.32. The highest BCUT2D eigenvalue weighted by Gasteiger charge is 2.30. The van der Waals surface area contributed by atoms with Crippen LogP contribution in [0, 0.1) is 11.8 Å². The smallest absolute Gasteiger partial charge is 0.462 e. The third-order valence-corrected chi connectivity index (χ3v) is 17.8. The number of carbonyl (C=O) groups excluding carboxylic acids is 4.